The molecule has 0 bridgehead atoms. The molecule has 1 aromatic heterocycles. The Labute approximate surface area is 91.3 Å². The normalized spacial score (nSPS) is 24.1. The predicted octanol–water partition coefficient (Wildman–Crippen LogP) is 2.54. The van der Waals surface area contributed by atoms with Crippen LogP contribution in [0.5, 0.6) is 0 Å². The van der Waals surface area contributed by atoms with Gasteiger partial charge in [0.15, 0.2) is 0 Å². The zero-order valence-corrected chi connectivity index (χ0v) is 9.37. The lowest BCUT2D eigenvalue weighted by Crippen LogP contribution is -2.06. The first kappa shape index (κ1) is 9.47. The van der Waals surface area contributed by atoms with Crippen LogP contribution in [0.1, 0.15) is 18.9 Å². The second-order valence-electron chi connectivity index (χ2n) is 3.63. The summed E-state index contributed by atoms with van der Waals surface area (Å²) < 4.78 is 0.837. The van der Waals surface area contributed by atoms with E-state index in [4.69, 9.17) is 5.26 Å². The molecule has 1 aliphatic rings. The summed E-state index contributed by atoms with van der Waals surface area (Å²) in [6.45, 7) is 2.18. The third kappa shape index (κ3) is 1.88. The van der Waals surface area contributed by atoms with E-state index in [1.165, 1.54) is 6.42 Å². The fraction of sp³-hybridized carbons (Fsp3) is 0.400. The largest absolute Gasteiger partial charge is 0.366 e. The van der Waals surface area contributed by atoms with Gasteiger partial charge >= 0.3 is 0 Å². The molecule has 2 rings (SSSR count). The maximum Gasteiger partial charge on any atom is 0.144 e. The zero-order chi connectivity index (χ0) is 10.1. The summed E-state index contributed by atoms with van der Waals surface area (Å²) in [6, 6.07) is 4.41. The molecule has 0 spiro atoms. The van der Waals surface area contributed by atoms with Crippen LogP contribution in [0.3, 0.4) is 0 Å². The third-order valence-corrected chi connectivity index (χ3v) is 2.84. The van der Waals surface area contributed by atoms with Gasteiger partial charge in [0, 0.05) is 16.7 Å². The molecule has 0 radical (unpaired) electrons. The van der Waals surface area contributed by atoms with Crippen LogP contribution < -0.4 is 5.32 Å². The van der Waals surface area contributed by atoms with Gasteiger partial charge in [0.2, 0.25) is 0 Å². The van der Waals surface area contributed by atoms with Gasteiger partial charge in [-0.05, 0) is 34.3 Å². The second kappa shape index (κ2) is 3.58. The molecule has 3 nitrogen and oxygen atoms in total. The van der Waals surface area contributed by atoms with Crippen molar-refractivity contribution in [2.75, 3.05) is 5.32 Å². The lowest BCUT2D eigenvalue weighted by atomic mass is 10.3. The van der Waals surface area contributed by atoms with Gasteiger partial charge in [-0.25, -0.2) is 4.98 Å². The minimum Gasteiger partial charge on any atom is -0.366 e. The Kier molecular flexibility index (Phi) is 2.42. The van der Waals surface area contributed by atoms with E-state index in [0.717, 1.165) is 4.47 Å². The molecule has 2 atom stereocenters. The third-order valence-electron chi connectivity index (χ3n) is 2.41. The van der Waals surface area contributed by atoms with Crippen LogP contribution in [0.25, 0.3) is 0 Å². The van der Waals surface area contributed by atoms with Crippen molar-refractivity contribution in [2.45, 2.75) is 19.4 Å². The van der Waals surface area contributed by atoms with Gasteiger partial charge in [-0.1, -0.05) is 6.92 Å². The SMILES string of the molecule is CC1CC1Nc1ncc(Br)cc1C#N. The Balaban J connectivity index is 2.20. The van der Waals surface area contributed by atoms with E-state index in [1.54, 1.807) is 12.3 Å². The molecule has 1 saturated carbocycles. The molecule has 1 aliphatic carbocycles. The summed E-state index contributed by atoms with van der Waals surface area (Å²) in [4.78, 5) is 4.18. The van der Waals surface area contributed by atoms with Crippen LogP contribution in [0.4, 0.5) is 5.82 Å². The summed E-state index contributed by atoms with van der Waals surface area (Å²) in [5.74, 6) is 1.40. The van der Waals surface area contributed by atoms with Crippen molar-refractivity contribution in [1.29, 1.82) is 5.26 Å². The van der Waals surface area contributed by atoms with Crippen molar-refractivity contribution in [3.63, 3.8) is 0 Å². The average Bonchev–Trinajstić information content (AvgIpc) is 2.85. The number of anilines is 1. The molecule has 1 aromatic rings. The summed E-state index contributed by atoms with van der Waals surface area (Å²) in [7, 11) is 0. The Morgan fingerprint density at radius 1 is 1.71 bits per heavy atom. The Morgan fingerprint density at radius 3 is 3.00 bits per heavy atom. The van der Waals surface area contributed by atoms with E-state index >= 15 is 0 Å². The monoisotopic (exact) mass is 251 g/mol. The number of nitrogens with zero attached hydrogens (tertiary/aromatic N) is 2. The average molecular weight is 252 g/mol. The molecule has 72 valence electrons. The molecular formula is C10H10BrN3. The zero-order valence-electron chi connectivity index (χ0n) is 7.79. The molecule has 0 amide bonds. The van der Waals surface area contributed by atoms with E-state index in [0.29, 0.717) is 23.3 Å². The van der Waals surface area contributed by atoms with Gasteiger partial charge in [-0.3, -0.25) is 0 Å². The van der Waals surface area contributed by atoms with E-state index in [-0.39, 0.29) is 0 Å². The van der Waals surface area contributed by atoms with Gasteiger partial charge < -0.3 is 5.32 Å². The first-order chi connectivity index (χ1) is 6.70. The van der Waals surface area contributed by atoms with Crippen molar-refractivity contribution in [2.24, 2.45) is 5.92 Å². The Hall–Kier alpha value is -1.08. The van der Waals surface area contributed by atoms with Crippen molar-refractivity contribution in [1.82, 2.24) is 4.98 Å². The molecule has 1 heterocycles. The fourth-order valence-corrected chi connectivity index (χ4v) is 1.67. The van der Waals surface area contributed by atoms with E-state index < -0.39 is 0 Å². The summed E-state index contributed by atoms with van der Waals surface area (Å²) in [6.07, 6.45) is 2.87. The highest BCUT2D eigenvalue weighted by atomic mass is 79.9. The highest BCUT2D eigenvalue weighted by molar-refractivity contribution is 9.10. The molecule has 0 aromatic carbocycles. The maximum atomic E-state index is 8.89. The van der Waals surface area contributed by atoms with Crippen LogP contribution in [0, 0.1) is 17.2 Å². The van der Waals surface area contributed by atoms with Crippen molar-refractivity contribution < 1.29 is 0 Å². The van der Waals surface area contributed by atoms with Crippen molar-refractivity contribution >= 4 is 21.7 Å². The topological polar surface area (TPSA) is 48.7 Å². The van der Waals surface area contributed by atoms with Gasteiger partial charge in [0.1, 0.15) is 11.9 Å². The first-order valence-electron chi connectivity index (χ1n) is 4.53. The quantitative estimate of drug-likeness (QED) is 0.879. The van der Waals surface area contributed by atoms with Crippen LogP contribution in [0.2, 0.25) is 0 Å². The standard InChI is InChI=1S/C10H10BrN3/c1-6-2-9(6)14-10-7(4-12)3-8(11)5-13-10/h3,5-6,9H,2H2,1H3,(H,13,14). The van der Waals surface area contributed by atoms with E-state index in [9.17, 15) is 0 Å². The predicted molar refractivity (Wildman–Crippen MR) is 57.8 cm³/mol. The molecule has 0 saturated heterocycles. The summed E-state index contributed by atoms with van der Waals surface area (Å²) >= 11 is 3.29. The number of pyridine rings is 1. The van der Waals surface area contributed by atoms with Gasteiger partial charge in [0.05, 0.1) is 5.56 Å². The molecule has 0 aliphatic heterocycles. The van der Waals surface area contributed by atoms with E-state index in [1.807, 2.05) is 0 Å². The van der Waals surface area contributed by atoms with Crippen molar-refractivity contribution in [3.8, 4) is 6.07 Å². The number of hydrogen-bond acceptors (Lipinski definition) is 3. The highest BCUT2D eigenvalue weighted by Gasteiger charge is 2.33. The number of nitriles is 1. The van der Waals surface area contributed by atoms with Crippen LogP contribution >= 0.6 is 15.9 Å². The number of rotatable bonds is 2. The molecule has 4 heteroatoms. The van der Waals surface area contributed by atoms with Crippen molar-refractivity contribution in [3.05, 3.63) is 22.3 Å². The molecule has 2 unspecified atom stereocenters. The summed E-state index contributed by atoms with van der Waals surface area (Å²) in [5, 5.41) is 12.1. The Bertz CT molecular complexity index is 397. The lowest BCUT2D eigenvalue weighted by molar-refractivity contribution is 0.923. The molecule has 1 fully saturated rings. The van der Waals surface area contributed by atoms with Crippen LogP contribution in [0.15, 0.2) is 16.7 Å². The molecule has 1 N–H and O–H groups in total. The number of halogens is 1. The first-order valence-corrected chi connectivity index (χ1v) is 5.32. The van der Waals surface area contributed by atoms with E-state index in [2.05, 4.69) is 39.2 Å². The number of nitrogens with one attached hydrogen (secondary N) is 1. The highest BCUT2D eigenvalue weighted by Crippen LogP contribution is 2.33. The van der Waals surface area contributed by atoms with Gasteiger partial charge in [-0.15, -0.1) is 0 Å². The van der Waals surface area contributed by atoms with Gasteiger partial charge in [-0.2, -0.15) is 5.26 Å². The lowest BCUT2D eigenvalue weighted by Gasteiger charge is -2.05. The number of aromatic nitrogens is 1. The van der Waals surface area contributed by atoms with Gasteiger partial charge in [0.25, 0.3) is 0 Å². The summed E-state index contributed by atoms with van der Waals surface area (Å²) in [5.41, 5.74) is 0.596. The fourth-order valence-electron chi connectivity index (χ4n) is 1.34. The maximum absolute atomic E-state index is 8.89. The minimum absolute atomic E-state index is 0.496. The minimum atomic E-state index is 0.496. The number of hydrogen-bond donors (Lipinski definition) is 1. The Morgan fingerprint density at radius 2 is 2.43 bits per heavy atom. The van der Waals surface area contributed by atoms with Crippen LogP contribution in [-0.4, -0.2) is 11.0 Å². The second-order valence-corrected chi connectivity index (χ2v) is 4.54. The smallest absolute Gasteiger partial charge is 0.144 e. The molecular weight excluding hydrogens is 242 g/mol. The molecule has 14 heavy (non-hydrogen) atoms. The van der Waals surface area contributed by atoms with Crippen LogP contribution in [-0.2, 0) is 0 Å².